The smallest absolute Gasteiger partial charge is 0.0906 e. The van der Waals surface area contributed by atoms with Gasteiger partial charge in [-0.2, -0.15) is 0 Å². The molecule has 1 N–H and O–H groups in total. The predicted octanol–water partition coefficient (Wildman–Crippen LogP) is 1.44. The van der Waals surface area contributed by atoms with Crippen LogP contribution in [0.2, 0.25) is 0 Å². The molecule has 1 fully saturated rings. The van der Waals surface area contributed by atoms with Gasteiger partial charge in [-0.3, -0.25) is 4.39 Å². The molecular formula is C10H20FNO. The first-order chi connectivity index (χ1) is 6.36. The molecule has 0 amide bonds. The molecule has 78 valence electrons. The van der Waals surface area contributed by atoms with Crippen molar-refractivity contribution in [2.45, 2.75) is 25.7 Å². The molecule has 1 rings (SSSR count). The Morgan fingerprint density at radius 1 is 1.46 bits per heavy atom. The number of aliphatic hydroxyl groups excluding tert-OH is 1. The Balaban J connectivity index is 2.16. The highest BCUT2D eigenvalue weighted by molar-refractivity contribution is 4.72. The second-order valence-corrected chi connectivity index (χ2v) is 3.86. The Bertz CT molecular complexity index is 130. The number of alkyl halides is 1. The third-order valence-corrected chi connectivity index (χ3v) is 2.75. The summed E-state index contributed by atoms with van der Waals surface area (Å²) >= 11 is 0. The topological polar surface area (TPSA) is 23.5 Å². The summed E-state index contributed by atoms with van der Waals surface area (Å²) in [5, 5.41) is 8.80. The molecule has 0 bridgehead atoms. The Morgan fingerprint density at radius 3 is 3.00 bits per heavy atom. The van der Waals surface area contributed by atoms with E-state index in [4.69, 9.17) is 5.11 Å². The summed E-state index contributed by atoms with van der Waals surface area (Å²) in [5.41, 5.74) is 0. The van der Waals surface area contributed by atoms with Crippen LogP contribution in [-0.4, -0.2) is 42.9 Å². The SMILES string of the molecule is OCCC1CCCN(CCCF)C1. The molecule has 1 saturated heterocycles. The highest BCUT2D eigenvalue weighted by atomic mass is 19.1. The maximum atomic E-state index is 11.9. The van der Waals surface area contributed by atoms with Gasteiger partial charge >= 0.3 is 0 Å². The number of nitrogens with zero attached hydrogens (tertiary/aromatic N) is 1. The normalized spacial score (nSPS) is 24.9. The first kappa shape index (κ1) is 10.9. The Kier molecular flexibility index (Phi) is 5.32. The molecule has 13 heavy (non-hydrogen) atoms. The number of halogens is 1. The molecule has 0 radical (unpaired) electrons. The summed E-state index contributed by atoms with van der Waals surface area (Å²) in [6.07, 6.45) is 4.00. The van der Waals surface area contributed by atoms with Crippen LogP contribution in [0.25, 0.3) is 0 Å². The number of hydrogen-bond donors (Lipinski definition) is 1. The van der Waals surface area contributed by atoms with Crippen LogP contribution in [0.5, 0.6) is 0 Å². The van der Waals surface area contributed by atoms with Crippen molar-refractivity contribution in [3.63, 3.8) is 0 Å². The number of aliphatic hydroxyl groups is 1. The third kappa shape index (κ3) is 4.05. The number of rotatable bonds is 5. The fourth-order valence-corrected chi connectivity index (χ4v) is 2.06. The molecule has 0 saturated carbocycles. The first-order valence-corrected chi connectivity index (χ1v) is 5.26. The van der Waals surface area contributed by atoms with Gasteiger partial charge in [0.15, 0.2) is 0 Å². The van der Waals surface area contributed by atoms with Gasteiger partial charge in [-0.15, -0.1) is 0 Å². The standard InChI is InChI=1S/C10H20FNO/c11-5-2-7-12-6-1-3-10(9-12)4-8-13/h10,13H,1-9H2. The van der Waals surface area contributed by atoms with Crippen molar-refractivity contribution in [2.75, 3.05) is 32.9 Å². The molecule has 3 heteroatoms. The quantitative estimate of drug-likeness (QED) is 0.707. The van der Waals surface area contributed by atoms with Crippen LogP contribution in [0.15, 0.2) is 0 Å². The predicted molar refractivity (Wildman–Crippen MR) is 51.5 cm³/mol. The number of piperidine rings is 1. The van der Waals surface area contributed by atoms with E-state index in [0.717, 1.165) is 26.1 Å². The van der Waals surface area contributed by atoms with Crippen LogP contribution in [0.3, 0.4) is 0 Å². The van der Waals surface area contributed by atoms with Crippen molar-refractivity contribution in [3.05, 3.63) is 0 Å². The van der Waals surface area contributed by atoms with E-state index in [1.54, 1.807) is 0 Å². The van der Waals surface area contributed by atoms with Gasteiger partial charge in [0.2, 0.25) is 0 Å². The van der Waals surface area contributed by atoms with Crippen LogP contribution in [0.4, 0.5) is 4.39 Å². The fraction of sp³-hybridized carbons (Fsp3) is 1.00. The van der Waals surface area contributed by atoms with E-state index in [0.29, 0.717) is 18.9 Å². The lowest BCUT2D eigenvalue weighted by molar-refractivity contribution is 0.144. The average Bonchev–Trinajstić information content (AvgIpc) is 2.16. The van der Waals surface area contributed by atoms with Crippen molar-refractivity contribution in [1.82, 2.24) is 4.90 Å². The molecule has 0 aromatic carbocycles. The van der Waals surface area contributed by atoms with Gasteiger partial charge in [-0.1, -0.05) is 0 Å². The minimum atomic E-state index is -0.207. The lowest BCUT2D eigenvalue weighted by Gasteiger charge is -2.32. The molecule has 1 aliphatic heterocycles. The second kappa shape index (κ2) is 6.33. The van der Waals surface area contributed by atoms with Gasteiger partial charge in [0, 0.05) is 19.7 Å². The van der Waals surface area contributed by atoms with Crippen molar-refractivity contribution < 1.29 is 9.50 Å². The molecule has 0 aromatic heterocycles. The fourth-order valence-electron chi connectivity index (χ4n) is 2.06. The lowest BCUT2D eigenvalue weighted by Crippen LogP contribution is -2.36. The molecule has 1 unspecified atom stereocenters. The molecule has 1 heterocycles. The summed E-state index contributed by atoms with van der Waals surface area (Å²) in [6, 6.07) is 0. The van der Waals surface area contributed by atoms with E-state index in [-0.39, 0.29) is 6.67 Å². The third-order valence-electron chi connectivity index (χ3n) is 2.75. The van der Waals surface area contributed by atoms with E-state index in [2.05, 4.69) is 4.90 Å². The van der Waals surface area contributed by atoms with E-state index in [1.165, 1.54) is 12.8 Å². The molecule has 0 aromatic rings. The van der Waals surface area contributed by atoms with Crippen molar-refractivity contribution in [3.8, 4) is 0 Å². The van der Waals surface area contributed by atoms with Gasteiger partial charge < -0.3 is 10.0 Å². The van der Waals surface area contributed by atoms with Gasteiger partial charge in [-0.05, 0) is 38.1 Å². The molecule has 1 atom stereocenters. The average molecular weight is 189 g/mol. The van der Waals surface area contributed by atoms with Crippen molar-refractivity contribution in [2.24, 2.45) is 5.92 Å². The lowest BCUT2D eigenvalue weighted by atomic mass is 9.95. The number of hydrogen-bond acceptors (Lipinski definition) is 2. The Hall–Kier alpha value is -0.150. The minimum Gasteiger partial charge on any atom is -0.396 e. The summed E-state index contributed by atoms with van der Waals surface area (Å²) in [7, 11) is 0. The Labute approximate surface area is 79.7 Å². The van der Waals surface area contributed by atoms with Crippen LogP contribution in [0.1, 0.15) is 25.7 Å². The number of likely N-dealkylation sites (tertiary alicyclic amines) is 1. The highest BCUT2D eigenvalue weighted by Crippen LogP contribution is 2.19. The van der Waals surface area contributed by atoms with E-state index in [9.17, 15) is 4.39 Å². The molecule has 1 aliphatic rings. The van der Waals surface area contributed by atoms with Crippen LogP contribution in [-0.2, 0) is 0 Å². The highest BCUT2D eigenvalue weighted by Gasteiger charge is 2.18. The van der Waals surface area contributed by atoms with E-state index >= 15 is 0 Å². The van der Waals surface area contributed by atoms with Crippen molar-refractivity contribution in [1.29, 1.82) is 0 Å². The largest absolute Gasteiger partial charge is 0.396 e. The summed E-state index contributed by atoms with van der Waals surface area (Å²) in [6.45, 7) is 3.14. The molecule has 2 nitrogen and oxygen atoms in total. The zero-order valence-electron chi connectivity index (χ0n) is 8.21. The van der Waals surface area contributed by atoms with E-state index in [1.807, 2.05) is 0 Å². The van der Waals surface area contributed by atoms with Gasteiger partial charge in [0.25, 0.3) is 0 Å². The monoisotopic (exact) mass is 189 g/mol. The molecule has 0 spiro atoms. The van der Waals surface area contributed by atoms with Crippen LogP contribution in [0, 0.1) is 5.92 Å². The maximum Gasteiger partial charge on any atom is 0.0906 e. The van der Waals surface area contributed by atoms with Crippen LogP contribution < -0.4 is 0 Å². The first-order valence-electron chi connectivity index (χ1n) is 5.26. The zero-order chi connectivity index (χ0) is 9.52. The molecular weight excluding hydrogens is 169 g/mol. The van der Waals surface area contributed by atoms with Gasteiger partial charge in [0.1, 0.15) is 0 Å². The van der Waals surface area contributed by atoms with Gasteiger partial charge in [0.05, 0.1) is 6.67 Å². The molecule has 0 aliphatic carbocycles. The van der Waals surface area contributed by atoms with Gasteiger partial charge in [-0.25, -0.2) is 0 Å². The summed E-state index contributed by atoms with van der Waals surface area (Å²) < 4.78 is 11.9. The maximum absolute atomic E-state index is 11.9. The zero-order valence-corrected chi connectivity index (χ0v) is 8.21. The second-order valence-electron chi connectivity index (χ2n) is 3.86. The van der Waals surface area contributed by atoms with E-state index < -0.39 is 0 Å². The minimum absolute atomic E-state index is 0.207. The van der Waals surface area contributed by atoms with Crippen molar-refractivity contribution >= 4 is 0 Å². The van der Waals surface area contributed by atoms with Crippen LogP contribution >= 0.6 is 0 Å². The summed E-state index contributed by atoms with van der Waals surface area (Å²) in [4.78, 5) is 2.32. The summed E-state index contributed by atoms with van der Waals surface area (Å²) in [5.74, 6) is 0.637. The Morgan fingerprint density at radius 2 is 2.31 bits per heavy atom.